The number of nitrogens with one attached hydrogen (secondary N) is 2. The fourth-order valence-corrected chi connectivity index (χ4v) is 3.07. The third-order valence-corrected chi connectivity index (χ3v) is 4.38. The quantitative estimate of drug-likeness (QED) is 0.535. The topological polar surface area (TPSA) is 74.2 Å². The normalized spacial score (nSPS) is 10.5. The molecule has 0 unspecified atom stereocenters. The molecule has 3 rings (SSSR count). The zero-order valence-electron chi connectivity index (χ0n) is 15.2. The summed E-state index contributed by atoms with van der Waals surface area (Å²) in [5, 5.41) is 16.3. The Kier molecular flexibility index (Phi) is 6.11. The summed E-state index contributed by atoms with van der Waals surface area (Å²) < 4.78 is 14.5. The number of hydrogen-bond acceptors (Lipinski definition) is 4. The van der Waals surface area contributed by atoms with Crippen molar-refractivity contribution in [2.45, 2.75) is 6.92 Å². The number of phenolic OH excluding ortho intramolecular Hbond substituents is 1. The van der Waals surface area contributed by atoms with Gasteiger partial charge in [-0.1, -0.05) is 29.8 Å². The molecule has 1 aromatic heterocycles. The summed E-state index contributed by atoms with van der Waals surface area (Å²) in [5.41, 5.74) is 1.77. The number of halogens is 2. The second-order valence-electron chi connectivity index (χ2n) is 6.15. The van der Waals surface area contributed by atoms with Gasteiger partial charge in [0.05, 0.1) is 10.7 Å². The van der Waals surface area contributed by atoms with E-state index in [0.717, 1.165) is 0 Å². The van der Waals surface area contributed by atoms with Crippen molar-refractivity contribution in [3.05, 3.63) is 65.4 Å². The lowest BCUT2D eigenvalue weighted by Crippen LogP contribution is -2.26. The maximum Gasteiger partial charge on any atom is 0.216 e. The lowest BCUT2D eigenvalue weighted by Gasteiger charge is -2.13. The van der Waals surface area contributed by atoms with E-state index in [1.165, 1.54) is 13.0 Å². The van der Waals surface area contributed by atoms with E-state index in [-0.39, 0.29) is 22.2 Å². The Morgan fingerprint density at radius 2 is 1.93 bits per heavy atom. The molecule has 3 N–H and O–H groups in total. The molecule has 0 saturated heterocycles. The molecule has 28 heavy (non-hydrogen) atoms. The summed E-state index contributed by atoms with van der Waals surface area (Å²) in [6.45, 7) is 2.28. The van der Waals surface area contributed by atoms with Gasteiger partial charge < -0.3 is 15.7 Å². The van der Waals surface area contributed by atoms with Crippen molar-refractivity contribution in [1.82, 2.24) is 10.3 Å². The highest BCUT2D eigenvalue weighted by atomic mass is 35.5. The molecule has 0 bridgehead atoms. The van der Waals surface area contributed by atoms with Gasteiger partial charge in [-0.25, -0.2) is 9.37 Å². The zero-order valence-corrected chi connectivity index (χ0v) is 15.9. The van der Waals surface area contributed by atoms with Gasteiger partial charge in [0.15, 0.2) is 0 Å². The molecular weight excluding hydrogens is 381 g/mol. The van der Waals surface area contributed by atoms with Crippen LogP contribution < -0.4 is 10.6 Å². The first-order chi connectivity index (χ1) is 13.5. The van der Waals surface area contributed by atoms with Crippen LogP contribution in [0.4, 0.5) is 10.2 Å². The number of hydrogen-bond donors (Lipinski definition) is 3. The minimum atomic E-state index is -0.453. The Labute approximate surface area is 167 Å². The van der Waals surface area contributed by atoms with Gasteiger partial charge in [0.2, 0.25) is 5.91 Å². The molecule has 0 aliphatic carbocycles. The molecule has 0 atom stereocenters. The van der Waals surface area contributed by atoms with E-state index >= 15 is 0 Å². The summed E-state index contributed by atoms with van der Waals surface area (Å²) >= 11 is 6.23. The molecule has 0 radical (unpaired) electrons. The number of nitrogens with zero attached hydrogens (tertiary/aromatic N) is 1. The predicted molar refractivity (Wildman–Crippen MR) is 109 cm³/mol. The number of para-hydroxylation sites is 1. The molecule has 5 nitrogen and oxygen atoms in total. The number of carbonyl (C=O) groups is 1. The number of carbonyl (C=O) groups excluding carboxylic acids is 1. The van der Waals surface area contributed by atoms with Crippen LogP contribution in [0, 0.1) is 5.82 Å². The second-order valence-corrected chi connectivity index (χ2v) is 6.56. The number of anilines is 1. The van der Waals surface area contributed by atoms with Gasteiger partial charge in [0.25, 0.3) is 0 Å². The average molecular weight is 400 g/mol. The molecule has 0 aliphatic heterocycles. The van der Waals surface area contributed by atoms with Crippen LogP contribution in [0.5, 0.6) is 5.75 Å². The number of benzene rings is 2. The number of amides is 1. The summed E-state index contributed by atoms with van der Waals surface area (Å²) in [6, 6.07) is 14.6. The number of pyridine rings is 1. The lowest BCUT2D eigenvalue weighted by molar-refractivity contribution is -0.118. The Bertz CT molecular complexity index is 990. The molecule has 0 fully saturated rings. The maximum absolute atomic E-state index is 14.5. The van der Waals surface area contributed by atoms with Gasteiger partial charge in [0.1, 0.15) is 17.4 Å². The maximum atomic E-state index is 14.5. The van der Waals surface area contributed by atoms with Crippen LogP contribution in [-0.4, -0.2) is 29.1 Å². The minimum Gasteiger partial charge on any atom is -0.507 e. The van der Waals surface area contributed by atoms with E-state index in [0.29, 0.717) is 35.7 Å². The first kappa shape index (κ1) is 19.6. The van der Waals surface area contributed by atoms with Gasteiger partial charge in [0, 0.05) is 31.1 Å². The third kappa shape index (κ3) is 4.58. The molecule has 0 aliphatic rings. The van der Waals surface area contributed by atoms with Crippen LogP contribution in [0.2, 0.25) is 5.02 Å². The lowest BCUT2D eigenvalue weighted by atomic mass is 10.0. The largest absolute Gasteiger partial charge is 0.507 e. The molecule has 0 saturated carbocycles. The van der Waals surface area contributed by atoms with Gasteiger partial charge in [-0.2, -0.15) is 0 Å². The fraction of sp³-hybridized carbons (Fsp3) is 0.143. The van der Waals surface area contributed by atoms with Crippen LogP contribution in [0.25, 0.3) is 22.4 Å². The molecule has 2 aromatic carbocycles. The Hall–Kier alpha value is -3.12. The Balaban J connectivity index is 2.04. The number of phenols is 1. The molecule has 1 amide bonds. The third-order valence-electron chi connectivity index (χ3n) is 4.06. The highest BCUT2D eigenvalue weighted by molar-refractivity contribution is 6.33. The molecule has 144 valence electrons. The van der Waals surface area contributed by atoms with Crippen molar-refractivity contribution in [2.75, 3.05) is 18.4 Å². The number of aromatic nitrogens is 1. The van der Waals surface area contributed by atoms with Crippen molar-refractivity contribution in [1.29, 1.82) is 0 Å². The van der Waals surface area contributed by atoms with Crippen molar-refractivity contribution < 1.29 is 14.3 Å². The summed E-state index contributed by atoms with van der Waals surface area (Å²) in [5.74, 6) is -0.0425. The van der Waals surface area contributed by atoms with Crippen molar-refractivity contribution >= 4 is 23.3 Å². The van der Waals surface area contributed by atoms with Crippen molar-refractivity contribution in [3.63, 3.8) is 0 Å². The summed E-state index contributed by atoms with van der Waals surface area (Å²) in [6.07, 6.45) is 0. The fourth-order valence-electron chi connectivity index (χ4n) is 2.80. The average Bonchev–Trinajstić information content (AvgIpc) is 2.65. The van der Waals surface area contributed by atoms with Gasteiger partial charge in [-0.3, -0.25) is 4.79 Å². The summed E-state index contributed by atoms with van der Waals surface area (Å²) in [7, 11) is 0. The van der Waals surface area contributed by atoms with E-state index in [1.54, 1.807) is 48.5 Å². The SMILES string of the molecule is CC(=O)NCCNc1cc(-c2c(F)cccc2Cl)cc(-c2ccccc2O)n1. The smallest absolute Gasteiger partial charge is 0.216 e. The minimum absolute atomic E-state index is 0.0657. The Morgan fingerprint density at radius 1 is 1.14 bits per heavy atom. The van der Waals surface area contributed by atoms with Crippen LogP contribution in [0.3, 0.4) is 0 Å². The molecule has 0 spiro atoms. The van der Waals surface area contributed by atoms with E-state index < -0.39 is 5.82 Å². The first-order valence-electron chi connectivity index (χ1n) is 8.69. The number of rotatable bonds is 6. The highest BCUT2D eigenvalue weighted by Gasteiger charge is 2.14. The molecular formula is C21H19ClFN3O2. The predicted octanol–water partition coefficient (Wildman–Crippen LogP) is 4.46. The molecule has 1 heterocycles. The van der Waals surface area contributed by atoms with E-state index in [2.05, 4.69) is 15.6 Å². The summed E-state index contributed by atoms with van der Waals surface area (Å²) in [4.78, 5) is 15.5. The molecule has 3 aromatic rings. The van der Waals surface area contributed by atoms with Gasteiger partial charge >= 0.3 is 0 Å². The highest BCUT2D eigenvalue weighted by Crippen LogP contribution is 2.36. The Morgan fingerprint density at radius 3 is 2.64 bits per heavy atom. The second kappa shape index (κ2) is 8.71. The number of aromatic hydroxyl groups is 1. The van der Waals surface area contributed by atoms with Gasteiger partial charge in [-0.05, 0) is 42.0 Å². The molecule has 7 heteroatoms. The monoisotopic (exact) mass is 399 g/mol. The van der Waals surface area contributed by atoms with Crippen molar-refractivity contribution in [3.8, 4) is 28.1 Å². The van der Waals surface area contributed by atoms with E-state index in [9.17, 15) is 14.3 Å². The van der Waals surface area contributed by atoms with Crippen LogP contribution in [0.15, 0.2) is 54.6 Å². The van der Waals surface area contributed by atoms with Gasteiger partial charge in [-0.15, -0.1) is 0 Å². The van der Waals surface area contributed by atoms with Crippen LogP contribution in [0.1, 0.15) is 6.92 Å². The van der Waals surface area contributed by atoms with Crippen molar-refractivity contribution in [2.24, 2.45) is 0 Å². The standard InChI is InChI=1S/C21H19ClFN3O2/c1-13(27)24-9-10-25-20-12-14(21-16(22)6-4-7-17(21)23)11-18(26-20)15-5-2-3-8-19(15)28/h2-8,11-12,28H,9-10H2,1H3,(H,24,27)(H,25,26). The first-order valence-corrected chi connectivity index (χ1v) is 9.06. The van der Waals surface area contributed by atoms with E-state index in [1.807, 2.05) is 0 Å². The van der Waals surface area contributed by atoms with Crippen LogP contribution in [-0.2, 0) is 4.79 Å². The zero-order chi connectivity index (χ0) is 20.1. The van der Waals surface area contributed by atoms with Crippen LogP contribution >= 0.6 is 11.6 Å². The van der Waals surface area contributed by atoms with E-state index in [4.69, 9.17) is 11.6 Å².